The Hall–Kier alpha value is -2.56. The fourth-order valence-corrected chi connectivity index (χ4v) is 2.13. The van der Waals surface area contributed by atoms with Gasteiger partial charge in [0.2, 0.25) is 5.91 Å². The zero-order valence-electron chi connectivity index (χ0n) is 13.3. The Labute approximate surface area is 135 Å². The number of carbonyl (C=O) groups is 1. The Bertz CT molecular complexity index is 656. The molecule has 2 aromatic carbocycles. The van der Waals surface area contributed by atoms with Crippen LogP contribution >= 0.6 is 0 Å². The molecule has 0 aliphatic rings. The summed E-state index contributed by atoms with van der Waals surface area (Å²) in [5.41, 5.74) is 1.30. The quantitative estimate of drug-likeness (QED) is 0.845. The lowest BCUT2D eigenvalue weighted by Gasteiger charge is -2.13. The fourth-order valence-electron chi connectivity index (χ4n) is 2.13. The second-order valence-corrected chi connectivity index (χ2v) is 4.88. The minimum atomic E-state index is -0.322. The molecule has 0 aliphatic carbocycles. The van der Waals surface area contributed by atoms with Gasteiger partial charge in [-0.15, -0.1) is 0 Å². The van der Waals surface area contributed by atoms with Gasteiger partial charge in [-0.1, -0.05) is 12.1 Å². The summed E-state index contributed by atoms with van der Waals surface area (Å²) in [5.74, 6) is 0.722. The van der Waals surface area contributed by atoms with E-state index in [4.69, 9.17) is 9.47 Å². The van der Waals surface area contributed by atoms with Crippen molar-refractivity contribution in [2.75, 3.05) is 18.5 Å². The van der Waals surface area contributed by atoms with Crippen LogP contribution in [-0.2, 0) is 11.2 Å². The molecule has 2 rings (SSSR count). The number of hydrogen-bond donors (Lipinski definition) is 1. The summed E-state index contributed by atoms with van der Waals surface area (Å²) in [6, 6.07) is 11.2. The molecular weight excluding hydrogens is 297 g/mol. The smallest absolute Gasteiger partial charge is 0.228 e. The number of amides is 1. The number of nitrogens with one attached hydrogen (secondary N) is 1. The summed E-state index contributed by atoms with van der Waals surface area (Å²) in [6.07, 6.45) is 0.157. The number of halogens is 1. The van der Waals surface area contributed by atoms with Gasteiger partial charge < -0.3 is 14.8 Å². The van der Waals surface area contributed by atoms with E-state index in [2.05, 4.69) is 5.32 Å². The molecule has 0 spiro atoms. The summed E-state index contributed by atoms with van der Waals surface area (Å²) < 4.78 is 23.9. The van der Waals surface area contributed by atoms with Crippen LogP contribution in [-0.4, -0.2) is 19.1 Å². The average molecular weight is 317 g/mol. The molecule has 0 atom stereocenters. The standard InChI is InChI=1S/C18H20FNO3/c1-3-22-15-9-10-17(23-4-2)16(12-15)20-18(21)11-13-5-7-14(19)8-6-13/h5-10,12H,3-4,11H2,1-2H3,(H,20,21). The van der Waals surface area contributed by atoms with E-state index in [1.807, 2.05) is 13.8 Å². The molecule has 0 unspecified atom stereocenters. The van der Waals surface area contributed by atoms with Crippen molar-refractivity contribution in [3.63, 3.8) is 0 Å². The van der Waals surface area contributed by atoms with Crippen LogP contribution in [0.4, 0.5) is 10.1 Å². The van der Waals surface area contributed by atoms with E-state index >= 15 is 0 Å². The molecule has 0 aromatic heterocycles. The SMILES string of the molecule is CCOc1ccc(OCC)c(NC(=O)Cc2ccc(F)cc2)c1. The van der Waals surface area contributed by atoms with E-state index in [0.717, 1.165) is 5.56 Å². The fraction of sp³-hybridized carbons (Fsp3) is 0.278. The lowest BCUT2D eigenvalue weighted by molar-refractivity contribution is -0.115. The second-order valence-electron chi connectivity index (χ2n) is 4.88. The van der Waals surface area contributed by atoms with Gasteiger partial charge >= 0.3 is 0 Å². The third-order valence-corrected chi connectivity index (χ3v) is 3.11. The van der Waals surface area contributed by atoms with Crippen molar-refractivity contribution in [2.24, 2.45) is 0 Å². The van der Waals surface area contributed by atoms with Gasteiger partial charge in [-0.05, 0) is 43.7 Å². The molecule has 23 heavy (non-hydrogen) atoms. The maximum Gasteiger partial charge on any atom is 0.228 e. The van der Waals surface area contributed by atoms with Crippen molar-refractivity contribution in [1.82, 2.24) is 0 Å². The van der Waals surface area contributed by atoms with E-state index in [9.17, 15) is 9.18 Å². The van der Waals surface area contributed by atoms with Crippen LogP contribution in [0, 0.1) is 5.82 Å². The van der Waals surface area contributed by atoms with Crippen molar-refractivity contribution in [3.8, 4) is 11.5 Å². The van der Waals surface area contributed by atoms with Crippen molar-refractivity contribution < 1.29 is 18.7 Å². The van der Waals surface area contributed by atoms with E-state index in [1.54, 1.807) is 30.3 Å². The first kappa shape index (κ1) is 16.8. The lowest BCUT2D eigenvalue weighted by Crippen LogP contribution is -2.15. The van der Waals surface area contributed by atoms with Gasteiger partial charge in [-0.25, -0.2) is 4.39 Å². The highest BCUT2D eigenvalue weighted by molar-refractivity contribution is 5.93. The third-order valence-electron chi connectivity index (χ3n) is 3.11. The minimum Gasteiger partial charge on any atom is -0.494 e. The van der Waals surface area contributed by atoms with Gasteiger partial charge in [0.1, 0.15) is 17.3 Å². The largest absolute Gasteiger partial charge is 0.494 e. The predicted molar refractivity (Wildman–Crippen MR) is 87.5 cm³/mol. The molecule has 4 nitrogen and oxygen atoms in total. The molecule has 0 heterocycles. The van der Waals surface area contributed by atoms with Gasteiger partial charge in [0, 0.05) is 6.07 Å². The maximum atomic E-state index is 12.9. The third kappa shape index (κ3) is 4.98. The molecular formula is C18H20FNO3. The Balaban J connectivity index is 2.11. The number of rotatable bonds is 7. The molecule has 0 fully saturated rings. The van der Waals surface area contributed by atoms with Crippen LogP contribution < -0.4 is 14.8 Å². The molecule has 0 bridgehead atoms. The first-order valence-electron chi connectivity index (χ1n) is 7.56. The van der Waals surface area contributed by atoms with Gasteiger partial charge in [0.25, 0.3) is 0 Å². The molecule has 0 saturated heterocycles. The summed E-state index contributed by atoms with van der Waals surface area (Å²) in [4.78, 5) is 12.2. The van der Waals surface area contributed by atoms with E-state index in [1.165, 1.54) is 12.1 Å². The van der Waals surface area contributed by atoms with Crippen molar-refractivity contribution in [2.45, 2.75) is 20.3 Å². The zero-order chi connectivity index (χ0) is 16.7. The van der Waals surface area contributed by atoms with Crippen molar-refractivity contribution in [3.05, 3.63) is 53.8 Å². The highest BCUT2D eigenvalue weighted by Crippen LogP contribution is 2.29. The van der Waals surface area contributed by atoms with Crippen LogP contribution in [0.3, 0.4) is 0 Å². The number of carbonyl (C=O) groups excluding carboxylic acids is 1. The van der Waals surface area contributed by atoms with E-state index < -0.39 is 0 Å². The van der Waals surface area contributed by atoms with Crippen LogP contribution in [0.15, 0.2) is 42.5 Å². The van der Waals surface area contributed by atoms with Crippen LogP contribution in [0.5, 0.6) is 11.5 Å². The molecule has 0 radical (unpaired) electrons. The Morgan fingerprint density at radius 2 is 1.74 bits per heavy atom. The van der Waals surface area contributed by atoms with Gasteiger partial charge in [-0.2, -0.15) is 0 Å². The normalized spacial score (nSPS) is 10.2. The molecule has 0 saturated carbocycles. The first-order chi connectivity index (χ1) is 11.1. The topological polar surface area (TPSA) is 47.6 Å². The Morgan fingerprint density at radius 3 is 2.39 bits per heavy atom. The van der Waals surface area contributed by atoms with Crippen LogP contribution in [0.2, 0.25) is 0 Å². The number of benzene rings is 2. The highest BCUT2D eigenvalue weighted by Gasteiger charge is 2.10. The van der Waals surface area contributed by atoms with Gasteiger partial charge in [0.15, 0.2) is 0 Å². The molecule has 122 valence electrons. The highest BCUT2D eigenvalue weighted by atomic mass is 19.1. The summed E-state index contributed by atoms with van der Waals surface area (Å²) in [6.45, 7) is 4.80. The molecule has 1 N–H and O–H groups in total. The molecule has 1 amide bonds. The number of hydrogen-bond acceptors (Lipinski definition) is 3. The predicted octanol–water partition coefficient (Wildman–Crippen LogP) is 3.80. The van der Waals surface area contributed by atoms with E-state index in [0.29, 0.717) is 30.4 Å². The zero-order valence-corrected chi connectivity index (χ0v) is 13.3. The number of anilines is 1. The van der Waals surface area contributed by atoms with Gasteiger partial charge in [0.05, 0.1) is 25.3 Å². The van der Waals surface area contributed by atoms with Gasteiger partial charge in [-0.3, -0.25) is 4.79 Å². The first-order valence-corrected chi connectivity index (χ1v) is 7.56. The monoisotopic (exact) mass is 317 g/mol. The molecule has 0 aliphatic heterocycles. The second kappa shape index (κ2) is 8.17. The summed E-state index contributed by atoms with van der Waals surface area (Å²) in [7, 11) is 0. The molecule has 2 aromatic rings. The lowest BCUT2D eigenvalue weighted by atomic mass is 10.1. The summed E-state index contributed by atoms with van der Waals surface area (Å²) >= 11 is 0. The Morgan fingerprint density at radius 1 is 1.04 bits per heavy atom. The minimum absolute atomic E-state index is 0.157. The number of ether oxygens (including phenoxy) is 2. The maximum absolute atomic E-state index is 12.9. The van der Waals surface area contributed by atoms with Crippen molar-refractivity contribution in [1.29, 1.82) is 0 Å². The Kier molecular flexibility index (Phi) is 5.97. The molecule has 5 heteroatoms. The van der Waals surface area contributed by atoms with Crippen molar-refractivity contribution >= 4 is 11.6 Å². The van der Waals surface area contributed by atoms with Crippen LogP contribution in [0.1, 0.15) is 19.4 Å². The summed E-state index contributed by atoms with van der Waals surface area (Å²) in [5, 5.41) is 2.82. The van der Waals surface area contributed by atoms with Crippen LogP contribution in [0.25, 0.3) is 0 Å². The average Bonchev–Trinajstić information content (AvgIpc) is 2.52. The van der Waals surface area contributed by atoms with E-state index in [-0.39, 0.29) is 18.1 Å².